The molecule has 7 nitrogen and oxygen atoms in total. The molecule has 1 saturated heterocycles. The molecule has 0 radical (unpaired) electrons. The molecule has 228 valence electrons. The van der Waals surface area contributed by atoms with Gasteiger partial charge < -0.3 is 10.4 Å². The predicted octanol–water partition coefficient (Wildman–Crippen LogP) is 7.99. The van der Waals surface area contributed by atoms with Crippen LogP contribution in [-0.4, -0.2) is 43.6 Å². The van der Waals surface area contributed by atoms with E-state index in [1.54, 1.807) is 0 Å². The maximum Gasteiger partial charge on any atom is 0.416 e. The molecule has 1 aliphatic heterocycles. The number of thiocarbonyl (C=S) groups is 1. The second-order valence-corrected chi connectivity index (χ2v) is 12.8. The van der Waals surface area contributed by atoms with Gasteiger partial charge in [0.25, 0.3) is 5.91 Å². The van der Waals surface area contributed by atoms with Gasteiger partial charge in [-0.25, -0.2) is 9.78 Å². The number of aromatic carboxylic acids is 1. The summed E-state index contributed by atoms with van der Waals surface area (Å²) in [5.74, 6) is -2.08. The highest BCUT2D eigenvalue weighted by atomic mass is 32.2. The van der Waals surface area contributed by atoms with Gasteiger partial charge in [-0.3, -0.25) is 14.5 Å². The molecule has 44 heavy (non-hydrogen) atoms. The number of thiophene rings is 1. The number of carbonyl (C=O) groups is 3. The number of carboxylic acids is 1. The molecular weight excluding hydrogens is 673 g/mol. The summed E-state index contributed by atoms with van der Waals surface area (Å²) in [6, 6.07) is 7.04. The third kappa shape index (κ3) is 6.95. The number of anilines is 1. The van der Waals surface area contributed by atoms with E-state index in [2.05, 4.69) is 10.3 Å². The Bertz CT molecular complexity index is 1830. The van der Waals surface area contributed by atoms with Crippen molar-refractivity contribution in [3.8, 4) is 11.1 Å². The second-order valence-electron chi connectivity index (χ2n) is 9.17. The van der Waals surface area contributed by atoms with Crippen molar-refractivity contribution in [2.24, 2.45) is 0 Å². The Balaban J connectivity index is 1.26. The number of nitrogens with one attached hydrogen (secondary N) is 1. The highest BCUT2D eigenvalue weighted by Crippen LogP contribution is 2.40. The average molecular weight is 688 g/mol. The molecule has 2 N–H and O–H groups in total. The molecule has 17 heteroatoms. The summed E-state index contributed by atoms with van der Waals surface area (Å²) in [6.45, 7) is -0.0674. The fraction of sp³-hybridized carbons (Fsp3) is 0.148. The van der Waals surface area contributed by atoms with E-state index in [1.807, 2.05) is 0 Å². The number of thiazole rings is 1. The predicted molar refractivity (Wildman–Crippen MR) is 159 cm³/mol. The number of amides is 2. The molecule has 0 atom stereocenters. The first-order valence-corrected chi connectivity index (χ1v) is 15.1. The molecule has 0 saturated carbocycles. The highest BCUT2D eigenvalue weighted by Gasteiger charge is 2.37. The molecule has 3 heterocycles. The van der Waals surface area contributed by atoms with Gasteiger partial charge in [-0.1, -0.05) is 35.3 Å². The van der Waals surface area contributed by atoms with Crippen molar-refractivity contribution >= 4 is 90.2 Å². The Morgan fingerprint density at radius 3 is 2.32 bits per heavy atom. The van der Waals surface area contributed by atoms with Crippen LogP contribution in [0.5, 0.6) is 0 Å². The van der Waals surface area contributed by atoms with Crippen molar-refractivity contribution in [3.05, 3.63) is 74.3 Å². The third-order valence-electron chi connectivity index (χ3n) is 6.13. The quantitative estimate of drug-likeness (QED) is 0.115. The van der Waals surface area contributed by atoms with Crippen LogP contribution >= 0.6 is 46.7 Å². The Hall–Kier alpha value is -3.80. The molecule has 0 bridgehead atoms. The van der Waals surface area contributed by atoms with Crippen molar-refractivity contribution in [1.29, 1.82) is 0 Å². The lowest BCUT2D eigenvalue weighted by molar-refractivity contribution is -0.143. The minimum atomic E-state index is -4.99. The number of benzene rings is 2. The van der Waals surface area contributed by atoms with Crippen LogP contribution in [0, 0.1) is 0 Å². The van der Waals surface area contributed by atoms with Gasteiger partial charge >= 0.3 is 18.3 Å². The zero-order chi connectivity index (χ0) is 32.0. The van der Waals surface area contributed by atoms with Gasteiger partial charge in [0.1, 0.15) is 4.32 Å². The minimum absolute atomic E-state index is 0.0538. The second kappa shape index (κ2) is 11.9. The largest absolute Gasteiger partial charge is 0.478 e. The molecule has 2 aromatic carbocycles. The normalized spacial score (nSPS) is 15.0. The van der Waals surface area contributed by atoms with Crippen LogP contribution in [0.15, 0.2) is 52.7 Å². The number of carboxylic acid groups (broad SMARTS) is 1. The SMILES string of the molecule is O=C(CCN1C(=O)/C(=C/c2cc(-c3cc(C(F)(F)F)cc(C(F)(F)F)c3)cs2)SC1=S)Nc1nc2ccc(C(=O)O)cc2s1. The lowest BCUT2D eigenvalue weighted by Gasteiger charge is -2.13. The number of carbonyl (C=O) groups excluding carboxylic acids is 2. The maximum atomic E-state index is 13.3. The molecular formula is C27H15F6N3O4S4. The number of rotatable bonds is 7. The molecule has 1 aliphatic rings. The highest BCUT2D eigenvalue weighted by molar-refractivity contribution is 8.26. The zero-order valence-corrected chi connectivity index (χ0v) is 24.8. The van der Waals surface area contributed by atoms with Crippen LogP contribution in [0.1, 0.15) is 32.8 Å². The maximum absolute atomic E-state index is 13.3. The van der Waals surface area contributed by atoms with Gasteiger partial charge in [-0.2, -0.15) is 26.3 Å². The molecule has 0 spiro atoms. The molecule has 0 aliphatic carbocycles. The lowest BCUT2D eigenvalue weighted by atomic mass is 10.0. The minimum Gasteiger partial charge on any atom is -0.478 e. The summed E-state index contributed by atoms with van der Waals surface area (Å²) in [4.78, 5) is 42.7. The summed E-state index contributed by atoms with van der Waals surface area (Å²) >= 11 is 8.32. The van der Waals surface area contributed by atoms with Crippen LogP contribution in [0.2, 0.25) is 0 Å². The van der Waals surface area contributed by atoms with Crippen LogP contribution in [0.4, 0.5) is 31.5 Å². The fourth-order valence-electron chi connectivity index (χ4n) is 4.03. The molecule has 2 amide bonds. The van der Waals surface area contributed by atoms with Crippen molar-refractivity contribution in [2.45, 2.75) is 18.8 Å². The molecule has 4 aromatic rings. The van der Waals surface area contributed by atoms with Crippen molar-refractivity contribution in [2.75, 3.05) is 11.9 Å². The van der Waals surface area contributed by atoms with Gasteiger partial charge in [0, 0.05) is 17.8 Å². The Kier molecular flexibility index (Phi) is 8.58. The summed E-state index contributed by atoms with van der Waals surface area (Å²) in [5, 5.41) is 13.4. The number of halogens is 6. The fourth-order valence-corrected chi connectivity index (χ4v) is 7.17. The number of nitrogens with zero attached hydrogens (tertiary/aromatic N) is 2. The Morgan fingerprint density at radius 2 is 1.68 bits per heavy atom. The van der Waals surface area contributed by atoms with Crippen LogP contribution in [0.25, 0.3) is 27.4 Å². The first-order chi connectivity index (χ1) is 20.6. The first kappa shape index (κ1) is 31.6. The molecule has 0 unspecified atom stereocenters. The van der Waals surface area contributed by atoms with Gasteiger partial charge in [0.05, 0.1) is 31.8 Å². The summed E-state index contributed by atoms with van der Waals surface area (Å²) in [6.07, 6.45) is -8.69. The number of fused-ring (bicyclic) bond motifs is 1. The number of aromatic nitrogens is 1. The van der Waals surface area contributed by atoms with E-state index in [9.17, 15) is 40.7 Å². The summed E-state index contributed by atoms with van der Waals surface area (Å²) < 4.78 is 80.4. The first-order valence-electron chi connectivity index (χ1n) is 12.2. The molecule has 5 rings (SSSR count). The Morgan fingerprint density at radius 1 is 1.00 bits per heavy atom. The van der Waals surface area contributed by atoms with E-state index >= 15 is 0 Å². The van der Waals surface area contributed by atoms with Gasteiger partial charge in [0.2, 0.25) is 5.91 Å². The van der Waals surface area contributed by atoms with E-state index < -0.39 is 41.3 Å². The van der Waals surface area contributed by atoms with E-state index in [1.165, 1.54) is 40.6 Å². The third-order valence-corrected chi connectivity index (χ3v) is 9.32. The molecule has 1 fully saturated rings. The van der Waals surface area contributed by atoms with E-state index in [-0.39, 0.29) is 50.1 Å². The number of hydrogen-bond donors (Lipinski definition) is 2. The average Bonchev–Trinajstić information content (AvgIpc) is 3.63. The smallest absolute Gasteiger partial charge is 0.416 e. The van der Waals surface area contributed by atoms with Crippen LogP contribution < -0.4 is 5.32 Å². The number of thioether (sulfide) groups is 1. The number of alkyl halides is 6. The lowest BCUT2D eigenvalue weighted by Crippen LogP contribution is -2.31. The monoisotopic (exact) mass is 687 g/mol. The standard InChI is InChI=1S/C27H15F6N3O4S4/c28-26(29,30)15-5-13(6-16(9-15)27(31,32)33)14-7-17(42-11-14)10-20-22(38)36(25(41)44-20)4-3-21(37)35-24-34-18-2-1-12(23(39)40)8-19(18)43-24/h1-2,5-11H,3-4H2,(H,39,40)(H,34,35,37)/b20-10-. The summed E-state index contributed by atoms with van der Waals surface area (Å²) in [7, 11) is 0. The van der Waals surface area contributed by atoms with Crippen molar-refractivity contribution in [1.82, 2.24) is 9.88 Å². The van der Waals surface area contributed by atoms with Crippen LogP contribution in [-0.2, 0) is 21.9 Å². The van der Waals surface area contributed by atoms with E-state index in [0.29, 0.717) is 27.2 Å². The van der Waals surface area contributed by atoms with Crippen LogP contribution in [0.3, 0.4) is 0 Å². The van der Waals surface area contributed by atoms with Crippen molar-refractivity contribution in [3.63, 3.8) is 0 Å². The van der Waals surface area contributed by atoms with E-state index in [0.717, 1.165) is 34.4 Å². The summed E-state index contributed by atoms with van der Waals surface area (Å²) in [5.41, 5.74) is -2.46. The van der Waals surface area contributed by atoms with E-state index in [4.69, 9.17) is 17.3 Å². The van der Waals surface area contributed by atoms with Gasteiger partial charge in [-0.05, 0) is 65.0 Å². The topological polar surface area (TPSA) is 99.6 Å². The molecule has 2 aromatic heterocycles. The van der Waals surface area contributed by atoms with Gasteiger partial charge in [-0.15, -0.1) is 11.3 Å². The van der Waals surface area contributed by atoms with Crippen molar-refractivity contribution < 1.29 is 45.8 Å². The van der Waals surface area contributed by atoms with Gasteiger partial charge in [0.15, 0.2) is 5.13 Å². The Labute approximate surface area is 261 Å². The number of hydrogen-bond acceptors (Lipinski definition) is 8. The zero-order valence-electron chi connectivity index (χ0n) is 21.6.